The smallest absolute Gasteiger partial charge is 0.277 e. The Morgan fingerprint density at radius 1 is 1.07 bits per heavy atom. The first kappa shape index (κ1) is 21.9. The SMILES string of the molecule is COc1ccc(Cc2nnc(SCC(=O)NCCc3ccc(C(C)C)cc3)o2)cc1. The summed E-state index contributed by atoms with van der Waals surface area (Å²) in [5.74, 6) is 2.05. The van der Waals surface area contributed by atoms with E-state index in [0.717, 1.165) is 17.7 Å². The average molecular weight is 426 g/mol. The Labute approximate surface area is 181 Å². The molecule has 30 heavy (non-hydrogen) atoms. The first-order valence-corrected chi connectivity index (χ1v) is 11.0. The van der Waals surface area contributed by atoms with Crippen molar-refractivity contribution in [3.63, 3.8) is 0 Å². The number of hydrogen-bond donors (Lipinski definition) is 1. The largest absolute Gasteiger partial charge is 0.497 e. The van der Waals surface area contributed by atoms with E-state index in [1.54, 1.807) is 7.11 Å². The number of benzene rings is 2. The number of ether oxygens (including phenoxy) is 1. The van der Waals surface area contributed by atoms with Crippen molar-refractivity contribution in [3.8, 4) is 5.75 Å². The highest BCUT2D eigenvalue weighted by molar-refractivity contribution is 7.99. The number of thioether (sulfide) groups is 1. The van der Waals surface area contributed by atoms with Crippen molar-refractivity contribution in [2.45, 2.75) is 37.8 Å². The molecule has 1 aromatic heterocycles. The molecule has 158 valence electrons. The molecule has 0 bridgehead atoms. The number of aromatic nitrogens is 2. The number of carbonyl (C=O) groups excluding carboxylic acids is 1. The minimum atomic E-state index is -0.0475. The van der Waals surface area contributed by atoms with Crippen LogP contribution >= 0.6 is 11.8 Å². The summed E-state index contributed by atoms with van der Waals surface area (Å²) in [4.78, 5) is 12.1. The minimum absolute atomic E-state index is 0.0475. The predicted molar refractivity (Wildman–Crippen MR) is 118 cm³/mol. The van der Waals surface area contributed by atoms with Crippen molar-refractivity contribution >= 4 is 17.7 Å². The van der Waals surface area contributed by atoms with Crippen LogP contribution in [-0.4, -0.2) is 35.5 Å². The Kier molecular flexibility index (Phi) is 7.90. The second kappa shape index (κ2) is 10.8. The molecule has 0 saturated carbocycles. The number of amides is 1. The lowest BCUT2D eigenvalue weighted by Gasteiger charge is -2.07. The van der Waals surface area contributed by atoms with Crippen LogP contribution in [0.15, 0.2) is 58.2 Å². The summed E-state index contributed by atoms with van der Waals surface area (Å²) in [6.07, 6.45) is 1.35. The summed E-state index contributed by atoms with van der Waals surface area (Å²) in [6, 6.07) is 16.2. The van der Waals surface area contributed by atoms with Gasteiger partial charge in [0.25, 0.3) is 5.22 Å². The molecule has 6 nitrogen and oxygen atoms in total. The van der Waals surface area contributed by atoms with E-state index >= 15 is 0 Å². The van der Waals surface area contributed by atoms with Gasteiger partial charge >= 0.3 is 0 Å². The normalized spacial score (nSPS) is 10.9. The molecule has 0 fully saturated rings. The van der Waals surface area contributed by atoms with Crippen LogP contribution in [0.4, 0.5) is 0 Å². The Balaban J connectivity index is 1.38. The predicted octanol–water partition coefficient (Wildman–Crippen LogP) is 4.24. The van der Waals surface area contributed by atoms with Crippen molar-refractivity contribution in [2.24, 2.45) is 0 Å². The van der Waals surface area contributed by atoms with E-state index in [1.165, 1.54) is 22.9 Å². The highest BCUT2D eigenvalue weighted by Crippen LogP contribution is 2.19. The van der Waals surface area contributed by atoms with Crippen LogP contribution in [0.2, 0.25) is 0 Å². The van der Waals surface area contributed by atoms with E-state index in [-0.39, 0.29) is 11.7 Å². The Morgan fingerprint density at radius 3 is 2.43 bits per heavy atom. The van der Waals surface area contributed by atoms with Crippen LogP contribution in [-0.2, 0) is 17.6 Å². The Morgan fingerprint density at radius 2 is 1.77 bits per heavy atom. The average Bonchev–Trinajstić information content (AvgIpc) is 3.20. The molecule has 3 aromatic rings. The van der Waals surface area contributed by atoms with Gasteiger partial charge in [-0.2, -0.15) is 0 Å². The van der Waals surface area contributed by atoms with Gasteiger partial charge in [0.2, 0.25) is 11.8 Å². The minimum Gasteiger partial charge on any atom is -0.497 e. The standard InChI is InChI=1S/C23H27N3O3S/c1-16(2)19-8-4-17(5-9-19)12-13-24-21(27)15-30-23-26-25-22(29-23)14-18-6-10-20(28-3)11-7-18/h4-11,16H,12-15H2,1-3H3,(H,24,27). The fourth-order valence-corrected chi connectivity index (χ4v) is 3.49. The molecule has 3 rings (SSSR count). The zero-order valence-corrected chi connectivity index (χ0v) is 18.4. The molecular weight excluding hydrogens is 398 g/mol. The lowest BCUT2D eigenvalue weighted by molar-refractivity contribution is -0.118. The first-order chi connectivity index (χ1) is 14.5. The van der Waals surface area contributed by atoms with Crippen molar-refractivity contribution in [1.29, 1.82) is 0 Å². The van der Waals surface area contributed by atoms with Gasteiger partial charge in [-0.15, -0.1) is 10.2 Å². The lowest BCUT2D eigenvalue weighted by Crippen LogP contribution is -2.27. The summed E-state index contributed by atoms with van der Waals surface area (Å²) < 4.78 is 10.8. The third-order valence-electron chi connectivity index (χ3n) is 4.67. The molecule has 1 amide bonds. The molecule has 0 radical (unpaired) electrons. The van der Waals surface area contributed by atoms with Crippen LogP contribution in [0.25, 0.3) is 0 Å². The fraction of sp³-hybridized carbons (Fsp3) is 0.348. The van der Waals surface area contributed by atoms with Gasteiger partial charge < -0.3 is 14.5 Å². The summed E-state index contributed by atoms with van der Waals surface area (Å²) in [6.45, 7) is 4.96. The monoisotopic (exact) mass is 425 g/mol. The van der Waals surface area contributed by atoms with Crippen LogP contribution < -0.4 is 10.1 Å². The van der Waals surface area contributed by atoms with Gasteiger partial charge in [-0.3, -0.25) is 4.79 Å². The summed E-state index contributed by atoms with van der Waals surface area (Å²) in [5.41, 5.74) is 3.59. The number of methoxy groups -OCH3 is 1. The number of nitrogens with zero attached hydrogens (tertiary/aromatic N) is 2. The summed E-state index contributed by atoms with van der Waals surface area (Å²) in [5, 5.41) is 11.4. The van der Waals surface area contributed by atoms with Crippen LogP contribution in [0, 0.1) is 0 Å². The quantitative estimate of drug-likeness (QED) is 0.490. The highest BCUT2D eigenvalue weighted by atomic mass is 32.2. The van der Waals surface area contributed by atoms with E-state index in [4.69, 9.17) is 9.15 Å². The second-order valence-corrected chi connectivity index (χ2v) is 8.20. The van der Waals surface area contributed by atoms with Gasteiger partial charge in [0, 0.05) is 6.54 Å². The van der Waals surface area contributed by atoms with Gasteiger partial charge in [-0.25, -0.2) is 0 Å². The number of rotatable bonds is 10. The highest BCUT2D eigenvalue weighted by Gasteiger charge is 2.10. The molecule has 0 aliphatic heterocycles. The number of hydrogen-bond acceptors (Lipinski definition) is 6. The first-order valence-electron chi connectivity index (χ1n) is 9.97. The van der Waals surface area contributed by atoms with E-state index in [2.05, 4.69) is 53.6 Å². The third-order valence-corrected chi connectivity index (χ3v) is 5.49. The Bertz CT molecular complexity index is 937. The molecule has 0 spiro atoms. The van der Waals surface area contributed by atoms with E-state index in [1.807, 2.05) is 24.3 Å². The van der Waals surface area contributed by atoms with Crippen molar-refractivity contribution in [3.05, 3.63) is 71.1 Å². The maximum absolute atomic E-state index is 12.1. The molecular formula is C23H27N3O3S. The zero-order chi connectivity index (χ0) is 21.3. The van der Waals surface area contributed by atoms with Gasteiger partial charge in [-0.1, -0.05) is 62.0 Å². The maximum Gasteiger partial charge on any atom is 0.277 e. The number of carbonyl (C=O) groups is 1. The molecule has 7 heteroatoms. The number of nitrogens with one attached hydrogen (secondary N) is 1. The van der Waals surface area contributed by atoms with E-state index in [0.29, 0.717) is 30.0 Å². The maximum atomic E-state index is 12.1. The van der Waals surface area contributed by atoms with Gasteiger partial charge in [0.15, 0.2) is 0 Å². The summed E-state index contributed by atoms with van der Waals surface area (Å²) in [7, 11) is 1.64. The Hall–Kier alpha value is -2.80. The fourth-order valence-electron chi connectivity index (χ4n) is 2.88. The molecule has 0 aliphatic rings. The molecule has 0 unspecified atom stereocenters. The topological polar surface area (TPSA) is 77.2 Å². The molecule has 0 aliphatic carbocycles. The molecule has 0 saturated heterocycles. The molecule has 2 aromatic carbocycles. The van der Waals surface area contributed by atoms with Gasteiger partial charge in [-0.05, 0) is 41.2 Å². The van der Waals surface area contributed by atoms with Crippen molar-refractivity contribution in [2.75, 3.05) is 19.4 Å². The molecule has 1 heterocycles. The zero-order valence-electron chi connectivity index (χ0n) is 17.6. The van der Waals surface area contributed by atoms with E-state index in [9.17, 15) is 4.79 Å². The molecule has 0 atom stereocenters. The lowest BCUT2D eigenvalue weighted by atomic mass is 10.0. The van der Waals surface area contributed by atoms with E-state index < -0.39 is 0 Å². The van der Waals surface area contributed by atoms with Crippen molar-refractivity contribution < 1.29 is 13.9 Å². The van der Waals surface area contributed by atoms with Crippen molar-refractivity contribution in [1.82, 2.24) is 15.5 Å². The molecule has 1 N–H and O–H groups in total. The van der Waals surface area contributed by atoms with Gasteiger partial charge in [0.05, 0.1) is 19.3 Å². The van der Waals surface area contributed by atoms with Crippen LogP contribution in [0.5, 0.6) is 5.75 Å². The van der Waals surface area contributed by atoms with Crippen LogP contribution in [0.1, 0.15) is 42.3 Å². The summed E-state index contributed by atoms with van der Waals surface area (Å²) >= 11 is 1.25. The second-order valence-electron chi connectivity index (χ2n) is 7.27. The van der Waals surface area contributed by atoms with Gasteiger partial charge in [0.1, 0.15) is 5.75 Å². The van der Waals surface area contributed by atoms with Crippen LogP contribution in [0.3, 0.4) is 0 Å². The third kappa shape index (κ3) is 6.62.